The van der Waals surface area contributed by atoms with Crippen LogP contribution in [0.5, 0.6) is 0 Å². The summed E-state index contributed by atoms with van der Waals surface area (Å²) in [5, 5.41) is 0. The lowest BCUT2D eigenvalue weighted by Gasteiger charge is -2.10. The van der Waals surface area contributed by atoms with Gasteiger partial charge in [-0.25, -0.2) is 14.4 Å². The van der Waals surface area contributed by atoms with Crippen LogP contribution in [0.4, 0.5) is 0 Å². The second-order valence-corrected chi connectivity index (χ2v) is 4.62. The number of hydrogen-bond donors (Lipinski definition) is 0. The Hall–Kier alpha value is -2.96. The van der Waals surface area contributed by atoms with Gasteiger partial charge in [0, 0.05) is 12.2 Å². The van der Waals surface area contributed by atoms with Crippen molar-refractivity contribution in [2.45, 2.75) is 26.4 Å². The number of carbonyl (C=O) groups is 4. The van der Waals surface area contributed by atoms with Gasteiger partial charge in [-0.3, -0.25) is 4.79 Å². The van der Waals surface area contributed by atoms with Gasteiger partial charge < -0.3 is 14.2 Å². The lowest BCUT2D eigenvalue weighted by molar-refractivity contribution is -0.171. The van der Waals surface area contributed by atoms with Gasteiger partial charge in [-0.1, -0.05) is 30.3 Å². The van der Waals surface area contributed by atoms with Gasteiger partial charge in [0.05, 0.1) is 13.0 Å². The van der Waals surface area contributed by atoms with E-state index < -0.39 is 30.0 Å². The average Bonchev–Trinajstić information content (AvgIpc) is 2.54. The van der Waals surface area contributed by atoms with Gasteiger partial charge in [0.15, 0.2) is 6.10 Å². The molecule has 0 heterocycles. The molecule has 0 N–H and O–H groups in total. The van der Waals surface area contributed by atoms with Gasteiger partial charge in [0.25, 0.3) is 0 Å². The molecule has 0 aromatic heterocycles. The first kappa shape index (κ1) is 19.1. The van der Waals surface area contributed by atoms with Crippen LogP contribution in [0.2, 0.25) is 0 Å². The van der Waals surface area contributed by atoms with E-state index in [0.717, 1.165) is 12.2 Å². The number of esters is 4. The van der Waals surface area contributed by atoms with Crippen molar-refractivity contribution < 1.29 is 33.4 Å². The molecule has 0 radical (unpaired) electrons. The molecule has 7 heteroatoms. The summed E-state index contributed by atoms with van der Waals surface area (Å²) in [6, 6.07) is 8.74. The molecule has 0 fully saturated rings. The van der Waals surface area contributed by atoms with Crippen molar-refractivity contribution in [2.24, 2.45) is 0 Å². The van der Waals surface area contributed by atoms with E-state index in [9.17, 15) is 19.2 Å². The largest absolute Gasteiger partial charge is 0.463 e. The zero-order chi connectivity index (χ0) is 17.9. The number of benzene rings is 1. The monoisotopic (exact) mass is 334 g/mol. The average molecular weight is 334 g/mol. The Morgan fingerprint density at radius 2 is 1.67 bits per heavy atom. The van der Waals surface area contributed by atoms with E-state index in [1.54, 1.807) is 37.3 Å². The fourth-order valence-corrected chi connectivity index (χ4v) is 1.58. The third-order valence-corrected chi connectivity index (χ3v) is 2.67. The molecular formula is C17H18O7. The molecule has 0 saturated heterocycles. The van der Waals surface area contributed by atoms with Crippen LogP contribution in [0.3, 0.4) is 0 Å². The van der Waals surface area contributed by atoms with E-state index in [1.165, 1.54) is 6.92 Å². The topological polar surface area (TPSA) is 96.0 Å². The summed E-state index contributed by atoms with van der Waals surface area (Å²) in [6.45, 7) is 3.05. The minimum Gasteiger partial charge on any atom is -0.463 e. The third-order valence-electron chi connectivity index (χ3n) is 2.67. The Labute approximate surface area is 139 Å². The summed E-state index contributed by atoms with van der Waals surface area (Å²) in [6.07, 6.45) is 0.345. The molecule has 7 nitrogen and oxygen atoms in total. The van der Waals surface area contributed by atoms with E-state index in [-0.39, 0.29) is 13.0 Å². The normalized spacial score (nSPS) is 11.6. The third kappa shape index (κ3) is 7.35. The van der Waals surface area contributed by atoms with E-state index in [2.05, 4.69) is 9.47 Å². The molecular weight excluding hydrogens is 316 g/mol. The molecule has 0 aliphatic carbocycles. The summed E-state index contributed by atoms with van der Waals surface area (Å²) in [5.74, 6) is -3.38. The van der Waals surface area contributed by atoms with Crippen LogP contribution < -0.4 is 0 Å². The van der Waals surface area contributed by atoms with Crippen LogP contribution in [0.1, 0.15) is 19.4 Å². The minimum atomic E-state index is -1.29. The van der Waals surface area contributed by atoms with Crippen molar-refractivity contribution in [2.75, 3.05) is 6.61 Å². The zero-order valence-electron chi connectivity index (χ0n) is 13.4. The van der Waals surface area contributed by atoms with Crippen LogP contribution in [-0.4, -0.2) is 36.6 Å². The maximum atomic E-state index is 11.7. The molecule has 0 spiro atoms. The van der Waals surface area contributed by atoms with E-state index in [0.29, 0.717) is 5.56 Å². The molecule has 0 aliphatic rings. The van der Waals surface area contributed by atoms with E-state index >= 15 is 0 Å². The first-order valence-corrected chi connectivity index (χ1v) is 7.26. The van der Waals surface area contributed by atoms with Crippen LogP contribution in [0, 0.1) is 0 Å². The molecule has 1 rings (SSSR count). The van der Waals surface area contributed by atoms with Crippen molar-refractivity contribution in [3.05, 3.63) is 48.0 Å². The minimum absolute atomic E-state index is 0.0734. The lowest BCUT2D eigenvalue weighted by atomic mass is 10.2. The van der Waals surface area contributed by atoms with Gasteiger partial charge >= 0.3 is 23.9 Å². The first-order chi connectivity index (χ1) is 11.4. The fraction of sp³-hybridized carbons (Fsp3) is 0.294. The predicted octanol–water partition coefficient (Wildman–Crippen LogP) is 1.35. The summed E-state index contributed by atoms with van der Waals surface area (Å²) in [4.78, 5) is 45.8. The smallest absolute Gasteiger partial charge is 0.354 e. The van der Waals surface area contributed by atoms with E-state index in [4.69, 9.17) is 4.74 Å². The summed E-state index contributed by atoms with van der Waals surface area (Å²) >= 11 is 0. The van der Waals surface area contributed by atoms with Gasteiger partial charge in [0.2, 0.25) is 0 Å². The molecule has 0 bridgehead atoms. The maximum Gasteiger partial charge on any atom is 0.354 e. The quantitative estimate of drug-likeness (QED) is 0.321. The Bertz CT molecular complexity index is 619. The second kappa shape index (κ2) is 9.94. The lowest BCUT2D eigenvalue weighted by Crippen LogP contribution is -2.28. The van der Waals surface area contributed by atoms with Crippen molar-refractivity contribution in [1.82, 2.24) is 0 Å². The molecule has 1 atom stereocenters. The number of ether oxygens (including phenoxy) is 3. The van der Waals surface area contributed by atoms with Crippen LogP contribution in [0.25, 0.3) is 0 Å². The van der Waals surface area contributed by atoms with Crippen molar-refractivity contribution >= 4 is 23.9 Å². The summed E-state index contributed by atoms with van der Waals surface area (Å²) in [7, 11) is 0. The fourth-order valence-electron chi connectivity index (χ4n) is 1.58. The molecule has 1 unspecified atom stereocenters. The molecule has 0 aliphatic heterocycles. The number of carbonyl (C=O) groups excluding carboxylic acids is 4. The van der Waals surface area contributed by atoms with Crippen molar-refractivity contribution in [1.29, 1.82) is 0 Å². The predicted molar refractivity (Wildman–Crippen MR) is 82.6 cm³/mol. The van der Waals surface area contributed by atoms with Crippen LogP contribution >= 0.6 is 0 Å². The van der Waals surface area contributed by atoms with Gasteiger partial charge in [0.1, 0.15) is 0 Å². The Morgan fingerprint density at radius 3 is 2.29 bits per heavy atom. The highest BCUT2D eigenvalue weighted by Crippen LogP contribution is 2.03. The SMILES string of the molecule is CCOC(=O)/C=C\C(=O)OC(C)C(=O)OC(=O)Cc1ccccc1. The highest BCUT2D eigenvalue weighted by molar-refractivity contribution is 5.94. The Balaban J connectivity index is 2.42. The molecule has 0 saturated carbocycles. The van der Waals surface area contributed by atoms with Crippen LogP contribution in [0.15, 0.2) is 42.5 Å². The number of hydrogen-bond acceptors (Lipinski definition) is 7. The van der Waals surface area contributed by atoms with Gasteiger partial charge in [-0.2, -0.15) is 0 Å². The van der Waals surface area contributed by atoms with Crippen molar-refractivity contribution in [3.8, 4) is 0 Å². The standard InChI is InChI=1S/C17H18O7/c1-3-22-14(18)9-10-15(19)23-12(2)17(21)24-16(20)11-13-7-5-4-6-8-13/h4-10,12H,3,11H2,1-2H3/b10-9-. The number of rotatable bonds is 7. The zero-order valence-corrected chi connectivity index (χ0v) is 13.4. The highest BCUT2D eigenvalue weighted by atomic mass is 16.6. The van der Waals surface area contributed by atoms with Crippen molar-refractivity contribution in [3.63, 3.8) is 0 Å². The van der Waals surface area contributed by atoms with Gasteiger partial charge in [-0.15, -0.1) is 0 Å². The molecule has 128 valence electrons. The molecule has 1 aromatic rings. The highest BCUT2D eigenvalue weighted by Gasteiger charge is 2.21. The van der Waals surface area contributed by atoms with Gasteiger partial charge in [-0.05, 0) is 19.4 Å². The molecule has 24 heavy (non-hydrogen) atoms. The first-order valence-electron chi connectivity index (χ1n) is 7.26. The Morgan fingerprint density at radius 1 is 1.04 bits per heavy atom. The van der Waals surface area contributed by atoms with E-state index in [1.807, 2.05) is 0 Å². The molecule has 1 aromatic carbocycles. The summed E-state index contributed by atoms with van der Waals surface area (Å²) < 4.78 is 13.9. The maximum absolute atomic E-state index is 11.7. The molecule has 0 amide bonds. The second-order valence-electron chi connectivity index (χ2n) is 4.62. The Kier molecular flexibility index (Phi) is 7.90. The summed E-state index contributed by atoms with van der Waals surface area (Å²) in [5.41, 5.74) is 0.692. The van der Waals surface area contributed by atoms with Crippen LogP contribution in [-0.2, 0) is 39.8 Å².